The van der Waals surface area contributed by atoms with Crippen LogP contribution in [0.3, 0.4) is 0 Å². The molecule has 1 heterocycles. The van der Waals surface area contributed by atoms with Gasteiger partial charge in [0.05, 0.1) is 4.99 Å². The molecule has 2 aliphatic rings. The maximum atomic E-state index is 5.72. The molecule has 4 heteroatoms. The summed E-state index contributed by atoms with van der Waals surface area (Å²) >= 11 is 5.08. The van der Waals surface area contributed by atoms with Crippen LogP contribution in [0.4, 0.5) is 0 Å². The Bertz CT molecular complexity index is 245. The van der Waals surface area contributed by atoms with E-state index in [4.69, 9.17) is 18.0 Å². The smallest absolute Gasteiger partial charge is 0.0870 e. The second-order valence-corrected chi connectivity index (χ2v) is 5.95. The molecule has 0 spiro atoms. The van der Waals surface area contributed by atoms with E-state index in [0.717, 1.165) is 19.1 Å². The molecule has 0 aromatic rings. The summed E-state index contributed by atoms with van der Waals surface area (Å²) < 4.78 is 0. The van der Waals surface area contributed by atoms with E-state index in [-0.39, 0.29) is 0 Å². The normalized spacial score (nSPS) is 22.6. The van der Waals surface area contributed by atoms with Gasteiger partial charge in [0.1, 0.15) is 0 Å². The van der Waals surface area contributed by atoms with Crippen LogP contribution in [0.25, 0.3) is 0 Å². The van der Waals surface area contributed by atoms with E-state index in [1.165, 1.54) is 58.2 Å². The molecule has 2 rings (SSSR count). The summed E-state index contributed by atoms with van der Waals surface area (Å²) in [6.07, 6.45) is 8.17. The van der Waals surface area contributed by atoms with Crippen molar-refractivity contribution < 1.29 is 0 Å². The highest BCUT2D eigenvalue weighted by Gasteiger charge is 2.23. The highest BCUT2D eigenvalue weighted by molar-refractivity contribution is 7.80. The number of likely N-dealkylation sites (tertiary alicyclic amines) is 1. The SMILES string of the molecule is NC(=S)CN(CCN1CCCC1)C1CCCC1. The van der Waals surface area contributed by atoms with Crippen molar-refractivity contribution in [2.75, 3.05) is 32.7 Å². The third-order valence-electron chi connectivity index (χ3n) is 4.10. The van der Waals surface area contributed by atoms with Gasteiger partial charge in [-0.05, 0) is 38.8 Å². The lowest BCUT2D eigenvalue weighted by Crippen LogP contribution is -2.43. The maximum Gasteiger partial charge on any atom is 0.0870 e. The van der Waals surface area contributed by atoms with E-state index in [1.54, 1.807) is 0 Å². The lowest BCUT2D eigenvalue weighted by Gasteiger charge is -2.30. The first kappa shape index (κ1) is 13.2. The monoisotopic (exact) mass is 255 g/mol. The lowest BCUT2D eigenvalue weighted by molar-refractivity contribution is 0.193. The highest BCUT2D eigenvalue weighted by atomic mass is 32.1. The van der Waals surface area contributed by atoms with Gasteiger partial charge >= 0.3 is 0 Å². The fraction of sp³-hybridized carbons (Fsp3) is 0.923. The zero-order valence-electron chi connectivity index (χ0n) is 10.7. The molecule has 0 unspecified atom stereocenters. The van der Waals surface area contributed by atoms with Gasteiger partial charge in [-0.3, -0.25) is 4.90 Å². The molecule has 3 nitrogen and oxygen atoms in total. The van der Waals surface area contributed by atoms with E-state index >= 15 is 0 Å². The second-order valence-electron chi connectivity index (χ2n) is 5.42. The Morgan fingerprint density at radius 3 is 2.41 bits per heavy atom. The van der Waals surface area contributed by atoms with Gasteiger partial charge in [0.25, 0.3) is 0 Å². The van der Waals surface area contributed by atoms with Crippen molar-refractivity contribution in [1.82, 2.24) is 9.80 Å². The Balaban J connectivity index is 1.78. The van der Waals surface area contributed by atoms with Gasteiger partial charge in [0.2, 0.25) is 0 Å². The zero-order chi connectivity index (χ0) is 12.1. The molecule has 98 valence electrons. The van der Waals surface area contributed by atoms with Gasteiger partial charge < -0.3 is 10.6 Å². The minimum Gasteiger partial charge on any atom is -0.392 e. The Hall–Kier alpha value is -0.190. The van der Waals surface area contributed by atoms with Crippen molar-refractivity contribution in [3.8, 4) is 0 Å². The highest BCUT2D eigenvalue weighted by Crippen LogP contribution is 2.23. The molecule has 0 amide bonds. The maximum absolute atomic E-state index is 5.72. The third kappa shape index (κ3) is 4.19. The zero-order valence-corrected chi connectivity index (χ0v) is 11.6. The number of nitrogens with two attached hydrogens (primary N) is 1. The fourth-order valence-electron chi connectivity index (χ4n) is 3.14. The number of nitrogens with zero attached hydrogens (tertiary/aromatic N) is 2. The summed E-state index contributed by atoms with van der Waals surface area (Å²) in [6, 6.07) is 0.735. The van der Waals surface area contributed by atoms with E-state index in [9.17, 15) is 0 Å². The van der Waals surface area contributed by atoms with Crippen LogP contribution in [0, 0.1) is 0 Å². The topological polar surface area (TPSA) is 32.5 Å². The summed E-state index contributed by atoms with van der Waals surface area (Å²) in [5.74, 6) is 0. The van der Waals surface area contributed by atoms with Crippen LogP contribution in [0.5, 0.6) is 0 Å². The van der Waals surface area contributed by atoms with Crippen LogP contribution < -0.4 is 5.73 Å². The molecule has 1 saturated carbocycles. The number of thiocarbonyl (C=S) groups is 1. The molecule has 0 atom stereocenters. The minimum absolute atomic E-state index is 0.651. The molecule has 0 aromatic carbocycles. The van der Waals surface area contributed by atoms with Crippen LogP contribution >= 0.6 is 12.2 Å². The predicted molar refractivity (Wildman–Crippen MR) is 76.3 cm³/mol. The van der Waals surface area contributed by atoms with Crippen molar-refractivity contribution in [3.05, 3.63) is 0 Å². The van der Waals surface area contributed by atoms with E-state index in [2.05, 4.69) is 9.80 Å². The predicted octanol–water partition coefficient (Wildman–Crippen LogP) is 1.61. The van der Waals surface area contributed by atoms with Gasteiger partial charge in [-0.25, -0.2) is 0 Å². The molecular weight excluding hydrogens is 230 g/mol. The first-order valence-corrected chi connectivity index (χ1v) is 7.41. The standard InChI is InChI=1S/C13H25N3S/c14-13(17)11-16(12-5-1-2-6-12)10-9-15-7-3-4-8-15/h12H,1-11H2,(H2,14,17). The number of hydrogen-bond donors (Lipinski definition) is 1. The van der Waals surface area contributed by atoms with Crippen molar-refractivity contribution in [3.63, 3.8) is 0 Å². The second kappa shape index (κ2) is 6.66. The molecule has 0 bridgehead atoms. The Kier molecular flexibility index (Phi) is 5.19. The van der Waals surface area contributed by atoms with E-state index in [1.807, 2.05) is 0 Å². The summed E-state index contributed by atoms with van der Waals surface area (Å²) in [5.41, 5.74) is 5.72. The molecule has 1 saturated heterocycles. The van der Waals surface area contributed by atoms with Crippen molar-refractivity contribution in [2.45, 2.75) is 44.6 Å². The largest absolute Gasteiger partial charge is 0.392 e. The quantitative estimate of drug-likeness (QED) is 0.731. The van der Waals surface area contributed by atoms with Crippen molar-refractivity contribution in [2.24, 2.45) is 5.73 Å². The number of hydrogen-bond acceptors (Lipinski definition) is 3. The summed E-state index contributed by atoms with van der Waals surface area (Å²) in [7, 11) is 0. The molecule has 0 aromatic heterocycles. The van der Waals surface area contributed by atoms with Crippen LogP contribution in [-0.4, -0.2) is 53.6 Å². The van der Waals surface area contributed by atoms with Crippen LogP contribution in [0.15, 0.2) is 0 Å². The van der Waals surface area contributed by atoms with Crippen LogP contribution in [0.1, 0.15) is 38.5 Å². The summed E-state index contributed by atoms with van der Waals surface area (Å²) in [5, 5.41) is 0. The van der Waals surface area contributed by atoms with Gasteiger partial charge in [-0.15, -0.1) is 0 Å². The molecule has 2 N–H and O–H groups in total. The lowest BCUT2D eigenvalue weighted by atomic mass is 10.2. The molecule has 1 aliphatic heterocycles. The van der Waals surface area contributed by atoms with Gasteiger partial charge in [-0.2, -0.15) is 0 Å². The molecular formula is C13H25N3S. The van der Waals surface area contributed by atoms with E-state index in [0.29, 0.717) is 4.99 Å². The van der Waals surface area contributed by atoms with Crippen LogP contribution in [-0.2, 0) is 0 Å². The van der Waals surface area contributed by atoms with Crippen molar-refractivity contribution in [1.29, 1.82) is 0 Å². The van der Waals surface area contributed by atoms with Crippen molar-refractivity contribution >= 4 is 17.2 Å². The van der Waals surface area contributed by atoms with Gasteiger partial charge in [0.15, 0.2) is 0 Å². The van der Waals surface area contributed by atoms with E-state index < -0.39 is 0 Å². The first-order chi connectivity index (χ1) is 8.25. The molecule has 2 fully saturated rings. The average molecular weight is 255 g/mol. The summed E-state index contributed by atoms with van der Waals surface area (Å²) in [4.78, 5) is 5.74. The first-order valence-electron chi connectivity index (χ1n) is 7.00. The van der Waals surface area contributed by atoms with Gasteiger partial charge in [-0.1, -0.05) is 25.1 Å². The fourth-order valence-corrected chi connectivity index (χ4v) is 3.30. The van der Waals surface area contributed by atoms with Crippen LogP contribution in [0.2, 0.25) is 0 Å². The third-order valence-corrected chi connectivity index (χ3v) is 4.23. The number of rotatable bonds is 6. The minimum atomic E-state index is 0.651. The molecule has 1 aliphatic carbocycles. The Labute approximate surface area is 110 Å². The Morgan fingerprint density at radius 1 is 1.18 bits per heavy atom. The molecule has 17 heavy (non-hydrogen) atoms. The summed E-state index contributed by atoms with van der Waals surface area (Å²) in [6.45, 7) is 5.71. The Morgan fingerprint density at radius 2 is 1.82 bits per heavy atom. The average Bonchev–Trinajstić information content (AvgIpc) is 2.96. The van der Waals surface area contributed by atoms with Gasteiger partial charge in [0, 0.05) is 25.7 Å². The molecule has 0 radical (unpaired) electrons.